The van der Waals surface area contributed by atoms with Crippen LogP contribution in [0.1, 0.15) is 41.9 Å². The summed E-state index contributed by atoms with van der Waals surface area (Å²) in [6.07, 6.45) is 1.36. The molecular formula is C12H17NO3S. The van der Waals surface area contributed by atoms with Crippen molar-refractivity contribution in [3.05, 3.63) is 16.5 Å². The van der Waals surface area contributed by atoms with E-state index in [1.807, 2.05) is 20.8 Å². The van der Waals surface area contributed by atoms with Gasteiger partial charge in [-0.25, -0.2) is 4.79 Å². The van der Waals surface area contributed by atoms with Crippen LogP contribution >= 0.6 is 11.3 Å². The highest BCUT2D eigenvalue weighted by Gasteiger charge is 2.16. The number of nitrogens with one attached hydrogen (secondary N) is 1. The molecule has 1 aromatic heterocycles. The Kier molecular flexibility index (Phi) is 4.69. The molecule has 5 heteroatoms. The zero-order chi connectivity index (χ0) is 13.0. The largest absolute Gasteiger partial charge is 0.478 e. The van der Waals surface area contributed by atoms with Gasteiger partial charge < -0.3 is 10.4 Å². The number of carbonyl (C=O) groups is 2. The number of hydrogen-bond acceptors (Lipinski definition) is 3. The van der Waals surface area contributed by atoms with Crippen molar-refractivity contribution in [2.45, 2.75) is 33.6 Å². The number of thiophene rings is 1. The number of amides is 1. The van der Waals surface area contributed by atoms with Gasteiger partial charge in [0, 0.05) is 11.3 Å². The molecule has 1 heterocycles. The van der Waals surface area contributed by atoms with Crippen LogP contribution in [0.5, 0.6) is 0 Å². The molecule has 0 radical (unpaired) electrons. The van der Waals surface area contributed by atoms with Crippen molar-refractivity contribution in [2.24, 2.45) is 5.92 Å². The summed E-state index contributed by atoms with van der Waals surface area (Å²) in [6.45, 7) is 5.84. The van der Waals surface area contributed by atoms with E-state index in [1.54, 1.807) is 6.07 Å². The fourth-order valence-electron chi connectivity index (χ4n) is 1.40. The maximum absolute atomic E-state index is 11.7. The smallest absolute Gasteiger partial charge is 0.338 e. The molecular weight excluding hydrogens is 238 g/mol. The second-order valence-corrected chi connectivity index (χ2v) is 5.43. The van der Waals surface area contributed by atoms with Gasteiger partial charge in [0.15, 0.2) is 0 Å². The minimum atomic E-state index is -1.01. The third-order valence-corrected chi connectivity index (χ3v) is 3.54. The number of aryl methyl sites for hydroxylation is 1. The number of rotatable bonds is 5. The fraction of sp³-hybridized carbons (Fsp3) is 0.500. The first-order valence-electron chi connectivity index (χ1n) is 5.57. The molecule has 17 heavy (non-hydrogen) atoms. The Morgan fingerprint density at radius 3 is 2.71 bits per heavy atom. The Labute approximate surface area is 105 Å². The Morgan fingerprint density at radius 1 is 1.53 bits per heavy atom. The monoisotopic (exact) mass is 255 g/mol. The molecule has 0 aromatic carbocycles. The minimum Gasteiger partial charge on any atom is -0.478 e. The van der Waals surface area contributed by atoms with Gasteiger partial charge in [0.05, 0.1) is 5.56 Å². The summed E-state index contributed by atoms with van der Waals surface area (Å²) in [7, 11) is 0. The molecule has 1 aromatic rings. The van der Waals surface area contributed by atoms with Crippen molar-refractivity contribution < 1.29 is 14.7 Å². The highest BCUT2D eigenvalue weighted by Crippen LogP contribution is 2.27. The Hall–Kier alpha value is -1.36. The molecule has 0 saturated carbocycles. The maximum atomic E-state index is 11.7. The van der Waals surface area contributed by atoms with Crippen molar-refractivity contribution >= 4 is 28.2 Å². The molecule has 2 N–H and O–H groups in total. The van der Waals surface area contributed by atoms with Crippen molar-refractivity contribution in [1.82, 2.24) is 0 Å². The van der Waals surface area contributed by atoms with Crippen LogP contribution in [0.4, 0.5) is 5.00 Å². The van der Waals surface area contributed by atoms with Crippen LogP contribution in [0, 0.1) is 12.8 Å². The van der Waals surface area contributed by atoms with Gasteiger partial charge in [0.2, 0.25) is 5.91 Å². The summed E-state index contributed by atoms with van der Waals surface area (Å²) < 4.78 is 0. The van der Waals surface area contributed by atoms with Gasteiger partial charge in [-0.05, 0) is 18.9 Å². The van der Waals surface area contributed by atoms with Crippen LogP contribution in [0.15, 0.2) is 6.07 Å². The van der Waals surface area contributed by atoms with Gasteiger partial charge in [0.1, 0.15) is 5.00 Å². The maximum Gasteiger partial charge on any atom is 0.338 e. The van der Waals surface area contributed by atoms with Gasteiger partial charge in [-0.1, -0.05) is 20.3 Å². The number of carbonyl (C=O) groups excluding carboxylic acids is 1. The van der Waals surface area contributed by atoms with Crippen molar-refractivity contribution in [2.75, 3.05) is 5.32 Å². The molecule has 0 aliphatic rings. The second-order valence-electron chi connectivity index (χ2n) is 4.17. The molecule has 1 rings (SSSR count). The second kappa shape index (κ2) is 5.82. The van der Waals surface area contributed by atoms with Gasteiger partial charge >= 0.3 is 5.97 Å². The molecule has 1 unspecified atom stereocenters. The van der Waals surface area contributed by atoms with Crippen LogP contribution in [0.25, 0.3) is 0 Å². The first-order chi connectivity index (χ1) is 7.93. The third kappa shape index (κ3) is 3.85. The lowest BCUT2D eigenvalue weighted by atomic mass is 10.1. The predicted molar refractivity (Wildman–Crippen MR) is 68.7 cm³/mol. The molecule has 0 aliphatic carbocycles. The molecule has 1 atom stereocenters. The first kappa shape index (κ1) is 13.7. The van der Waals surface area contributed by atoms with Gasteiger partial charge in [0.25, 0.3) is 0 Å². The molecule has 94 valence electrons. The highest BCUT2D eigenvalue weighted by molar-refractivity contribution is 7.16. The summed E-state index contributed by atoms with van der Waals surface area (Å²) >= 11 is 1.29. The van der Waals surface area contributed by atoms with E-state index in [9.17, 15) is 9.59 Å². The van der Waals surface area contributed by atoms with E-state index < -0.39 is 5.97 Å². The van der Waals surface area contributed by atoms with Crippen LogP contribution in [0.2, 0.25) is 0 Å². The van der Waals surface area contributed by atoms with E-state index in [4.69, 9.17) is 5.11 Å². The average Bonchev–Trinajstić information content (AvgIpc) is 2.59. The summed E-state index contributed by atoms with van der Waals surface area (Å²) in [5, 5.41) is 12.1. The van der Waals surface area contributed by atoms with Crippen LogP contribution in [0.3, 0.4) is 0 Å². The standard InChI is InChI=1S/C12H17NO3S/c1-4-7(2)5-10(14)13-11-9(12(15)16)6-8(3)17-11/h6-7H,4-5H2,1-3H3,(H,13,14)(H,15,16). The molecule has 0 aliphatic heterocycles. The number of carboxylic acids is 1. The molecule has 4 nitrogen and oxygen atoms in total. The number of aromatic carboxylic acids is 1. The van der Waals surface area contributed by atoms with Crippen LogP contribution in [-0.2, 0) is 4.79 Å². The van der Waals surface area contributed by atoms with E-state index in [0.29, 0.717) is 17.3 Å². The van der Waals surface area contributed by atoms with E-state index in [0.717, 1.165) is 11.3 Å². The summed E-state index contributed by atoms with van der Waals surface area (Å²) in [6, 6.07) is 1.58. The lowest BCUT2D eigenvalue weighted by Crippen LogP contribution is -2.15. The SMILES string of the molecule is CCC(C)CC(=O)Nc1sc(C)cc1C(=O)O. The number of anilines is 1. The zero-order valence-corrected chi connectivity index (χ0v) is 11.1. The van der Waals surface area contributed by atoms with Gasteiger partial charge in [-0.3, -0.25) is 4.79 Å². The molecule has 0 fully saturated rings. The minimum absolute atomic E-state index is 0.122. The highest BCUT2D eigenvalue weighted by atomic mass is 32.1. The lowest BCUT2D eigenvalue weighted by Gasteiger charge is -2.08. The van der Waals surface area contributed by atoms with Gasteiger partial charge in [-0.15, -0.1) is 11.3 Å². The molecule has 0 bridgehead atoms. The normalized spacial score (nSPS) is 12.2. The van der Waals surface area contributed by atoms with E-state index >= 15 is 0 Å². The fourth-order valence-corrected chi connectivity index (χ4v) is 2.32. The Balaban J connectivity index is 2.74. The van der Waals surface area contributed by atoms with Crippen LogP contribution < -0.4 is 5.32 Å². The topological polar surface area (TPSA) is 66.4 Å². The number of carboxylic acid groups (broad SMARTS) is 1. The molecule has 0 saturated heterocycles. The van der Waals surface area contributed by atoms with Crippen LogP contribution in [-0.4, -0.2) is 17.0 Å². The Bertz CT molecular complexity index is 425. The van der Waals surface area contributed by atoms with E-state index in [2.05, 4.69) is 5.32 Å². The van der Waals surface area contributed by atoms with E-state index in [1.165, 1.54) is 11.3 Å². The average molecular weight is 255 g/mol. The third-order valence-electron chi connectivity index (χ3n) is 2.57. The van der Waals surface area contributed by atoms with Gasteiger partial charge in [-0.2, -0.15) is 0 Å². The summed E-state index contributed by atoms with van der Waals surface area (Å²) in [5.41, 5.74) is 0.171. The molecule has 1 amide bonds. The molecule has 0 spiro atoms. The van der Waals surface area contributed by atoms with E-state index in [-0.39, 0.29) is 11.5 Å². The first-order valence-corrected chi connectivity index (χ1v) is 6.39. The van der Waals surface area contributed by atoms with Crippen molar-refractivity contribution in [3.63, 3.8) is 0 Å². The Morgan fingerprint density at radius 2 is 2.18 bits per heavy atom. The quantitative estimate of drug-likeness (QED) is 0.849. The number of hydrogen-bond donors (Lipinski definition) is 2. The van der Waals surface area contributed by atoms with Crippen molar-refractivity contribution in [1.29, 1.82) is 0 Å². The summed E-state index contributed by atoms with van der Waals surface area (Å²) in [5.74, 6) is -0.818. The summed E-state index contributed by atoms with van der Waals surface area (Å²) in [4.78, 5) is 23.5. The zero-order valence-electron chi connectivity index (χ0n) is 10.2. The lowest BCUT2D eigenvalue weighted by molar-refractivity contribution is -0.116. The van der Waals surface area contributed by atoms with Crippen molar-refractivity contribution in [3.8, 4) is 0 Å². The predicted octanol–water partition coefficient (Wildman–Crippen LogP) is 3.13.